The van der Waals surface area contributed by atoms with Gasteiger partial charge in [0, 0.05) is 54.4 Å². The van der Waals surface area contributed by atoms with Gasteiger partial charge in [0.25, 0.3) is 0 Å². The van der Waals surface area contributed by atoms with Crippen LogP contribution in [0.15, 0.2) is 30.5 Å². The van der Waals surface area contributed by atoms with Crippen molar-refractivity contribution in [1.82, 2.24) is 25.2 Å². The van der Waals surface area contributed by atoms with Crippen molar-refractivity contribution in [3.8, 4) is 11.4 Å². The highest BCUT2D eigenvalue weighted by Crippen LogP contribution is 2.30. The van der Waals surface area contributed by atoms with Crippen LogP contribution in [0.3, 0.4) is 0 Å². The van der Waals surface area contributed by atoms with Gasteiger partial charge in [-0.15, -0.1) is 0 Å². The molecule has 1 fully saturated rings. The topological polar surface area (TPSA) is 68.9 Å². The summed E-state index contributed by atoms with van der Waals surface area (Å²) in [5.41, 5.74) is 4.52. The van der Waals surface area contributed by atoms with Crippen LogP contribution >= 0.6 is 0 Å². The van der Waals surface area contributed by atoms with Crippen LogP contribution in [0.4, 0.5) is 5.82 Å². The first-order valence-electron chi connectivity index (χ1n) is 9.52. The van der Waals surface area contributed by atoms with Crippen molar-refractivity contribution in [2.24, 2.45) is 0 Å². The molecule has 3 aromatic rings. The highest BCUT2D eigenvalue weighted by Gasteiger charge is 2.21. The summed E-state index contributed by atoms with van der Waals surface area (Å²) in [6.07, 6.45) is 4.68. The van der Waals surface area contributed by atoms with E-state index in [0.29, 0.717) is 0 Å². The molecule has 6 nitrogen and oxygen atoms in total. The molecule has 0 aliphatic carbocycles. The lowest BCUT2D eigenvalue weighted by Gasteiger charge is -2.16. The Bertz CT molecular complexity index is 925. The summed E-state index contributed by atoms with van der Waals surface area (Å²) in [6, 6.07) is 8.31. The normalized spacial score (nSPS) is 17.1. The number of benzene rings is 1. The zero-order chi connectivity index (χ0) is 17.3. The summed E-state index contributed by atoms with van der Waals surface area (Å²) in [5.74, 6) is 1.79. The molecule has 1 aromatic carbocycles. The fourth-order valence-corrected chi connectivity index (χ4v) is 4.03. The van der Waals surface area contributed by atoms with E-state index in [1.807, 2.05) is 12.3 Å². The molecule has 4 heterocycles. The number of likely N-dealkylation sites (tertiary alicyclic amines) is 1. The molecule has 1 saturated heterocycles. The minimum atomic E-state index is 0.800. The molecule has 0 atom stereocenters. The lowest BCUT2D eigenvalue weighted by atomic mass is 10.1. The minimum Gasteiger partial charge on any atom is -0.368 e. The smallest absolute Gasteiger partial charge is 0.163 e. The second-order valence-electron chi connectivity index (χ2n) is 7.15. The van der Waals surface area contributed by atoms with Gasteiger partial charge in [-0.25, -0.2) is 9.97 Å². The molecule has 0 spiro atoms. The van der Waals surface area contributed by atoms with Gasteiger partial charge in [-0.3, -0.25) is 0 Å². The predicted molar refractivity (Wildman–Crippen MR) is 104 cm³/mol. The summed E-state index contributed by atoms with van der Waals surface area (Å²) in [5, 5.41) is 8.16. The molecule has 2 aliphatic heterocycles. The number of nitrogens with zero attached hydrogens (tertiary/aromatic N) is 3. The van der Waals surface area contributed by atoms with E-state index in [0.717, 1.165) is 54.6 Å². The van der Waals surface area contributed by atoms with Gasteiger partial charge in [0.15, 0.2) is 5.82 Å². The maximum atomic E-state index is 4.90. The Morgan fingerprint density at radius 3 is 2.88 bits per heavy atom. The third-order valence-electron chi connectivity index (χ3n) is 5.44. The number of rotatable bonds is 5. The van der Waals surface area contributed by atoms with E-state index < -0.39 is 0 Å². The Kier molecular flexibility index (Phi) is 4.07. The lowest BCUT2D eigenvalue weighted by molar-refractivity contribution is 0.352. The van der Waals surface area contributed by atoms with Crippen molar-refractivity contribution in [2.75, 3.05) is 31.5 Å². The Morgan fingerprint density at radius 2 is 1.96 bits per heavy atom. The van der Waals surface area contributed by atoms with E-state index in [1.165, 1.54) is 36.9 Å². The minimum absolute atomic E-state index is 0.800. The monoisotopic (exact) mass is 348 g/mol. The molecule has 0 saturated carbocycles. The summed E-state index contributed by atoms with van der Waals surface area (Å²) in [6.45, 7) is 6.12. The maximum absolute atomic E-state index is 4.90. The van der Waals surface area contributed by atoms with Gasteiger partial charge in [0.2, 0.25) is 0 Å². The van der Waals surface area contributed by atoms with Gasteiger partial charge in [-0.2, -0.15) is 0 Å². The van der Waals surface area contributed by atoms with Crippen LogP contribution < -0.4 is 10.6 Å². The fourth-order valence-electron chi connectivity index (χ4n) is 4.03. The van der Waals surface area contributed by atoms with Crippen molar-refractivity contribution in [2.45, 2.75) is 25.9 Å². The van der Waals surface area contributed by atoms with E-state index in [2.05, 4.69) is 38.7 Å². The van der Waals surface area contributed by atoms with Crippen LogP contribution in [0.25, 0.3) is 22.3 Å². The number of anilines is 1. The highest BCUT2D eigenvalue weighted by molar-refractivity contribution is 5.93. The van der Waals surface area contributed by atoms with Gasteiger partial charge >= 0.3 is 0 Å². The van der Waals surface area contributed by atoms with E-state index >= 15 is 0 Å². The quantitative estimate of drug-likeness (QED) is 0.661. The number of fused-ring (bicyclic) bond motifs is 2. The molecule has 0 unspecified atom stereocenters. The van der Waals surface area contributed by atoms with E-state index in [1.54, 1.807) is 0 Å². The van der Waals surface area contributed by atoms with Crippen molar-refractivity contribution >= 4 is 16.7 Å². The molecule has 26 heavy (non-hydrogen) atoms. The van der Waals surface area contributed by atoms with Gasteiger partial charge < -0.3 is 20.5 Å². The third-order valence-corrected chi connectivity index (χ3v) is 5.44. The van der Waals surface area contributed by atoms with E-state index in [9.17, 15) is 0 Å². The number of aromatic amines is 1. The summed E-state index contributed by atoms with van der Waals surface area (Å²) >= 11 is 0. The summed E-state index contributed by atoms with van der Waals surface area (Å²) < 4.78 is 0. The van der Waals surface area contributed by atoms with Gasteiger partial charge in [-0.05, 0) is 32.0 Å². The second-order valence-corrected chi connectivity index (χ2v) is 7.15. The van der Waals surface area contributed by atoms with Crippen LogP contribution in [-0.4, -0.2) is 46.0 Å². The summed E-state index contributed by atoms with van der Waals surface area (Å²) in [7, 11) is 0. The second kappa shape index (κ2) is 6.70. The molecule has 134 valence electrons. The molecule has 5 rings (SSSR count). The number of hydrogen-bond donors (Lipinski definition) is 3. The van der Waals surface area contributed by atoms with Crippen LogP contribution in [0.1, 0.15) is 24.1 Å². The zero-order valence-electron chi connectivity index (χ0n) is 14.9. The van der Waals surface area contributed by atoms with E-state index in [-0.39, 0.29) is 0 Å². The van der Waals surface area contributed by atoms with Crippen molar-refractivity contribution in [1.29, 1.82) is 0 Å². The first kappa shape index (κ1) is 15.8. The van der Waals surface area contributed by atoms with Crippen LogP contribution in [0, 0.1) is 0 Å². The molecule has 0 amide bonds. The molecular formula is C20H24N6. The molecule has 3 N–H and O–H groups in total. The SMILES string of the molecule is c1ccc2c(-c3nc4c(c(NCCN5CCCC5)n3)CNC4)c[nH]c2c1. The Labute approximate surface area is 153 Å². The van der Waals surface area contributed by atoms with Crippen molar-refractivity contribution < 1.29 is 0 Å². The predicted octanol–water partition coefficient (Wildman–Crippen LogP) is 2.74. The number of H-pyrrole nitrogens is 1. The lowest BCUT2D eigenvalue weighted by Crippen LogP contribution is -2.26. The van der Waals surface area contributed by atoms with Gasteiger partial charge in [0.05, 0.1) is 5.69 Å². The zero-order valence-corrected chi connectivity index (χ0v) is 14.9. The van der Waals surface area contributed by atoms with Crippen molar-refractivity contribution in [3.63, 3.8) is 0 Å². The van der Waals surface area contributed by atoms with E-state index in [4.69, 9.17) is 9.97 Å². The average molecular weight is 348 g/mol. The molecule has 2 aromatic heterocycles. The summed E-state index contributed by atoms with van der Waals surface area (Å²) in [4.78, 5) is 15.6. The fraction of sp³-hybridized carbons (Fsp3) is 0.400. The van der Waals surface area contributed by atoms with Crippen LogP contribution in [0.2, 0.25) is 0 Å². The standard InChI is InChI=1S/C20H24N6/c1-2-6-17-14(5-1)15(12-23-17)20-24-18-13-21-11-16(18)19(25-20)22-7-10-26-8-3-4-9-26/h1-2,5-6,12,21,23H,3-4,7-11,13H2,(H,22,24,25). The first-order chi connectivity index (χ1) is 12.9. The molecule has 0 radical (unpaired) electrons. The molecular weight excluding hydrogens is 324 g/mol. The molecule has 0 bridgehead atoms. The Hall–Kier alpha value is -2.44. The Balaban J connectivity index is 1.45. The first-order valence-corrected chi connectivity index (χ1v) is 9.52. The molecule has 2 aliphatic rings. The maximum Gasteiger partial charge on any atom is 0.163 e. The number of aromatic nitrogens is 3. The molecule has 6 heteroatoms. The van der Waals surface area contributed by atoms with Crippen LogP contribution in [0.5, 0.6) is 0 Å². The number of hydrogen-bond acceptors (Lipinski definition) is 5. The van der Waals surface area contributed by atoms with Crippen molar-refractivity contribution in [3.05, 3.63) is 41.7 Å². The van der Waals surface area contributed by atoms with Gasteiger partial charge in [0.1, 0.15) is 5.82 Å². The Morgan fingerprint density at radius 1 is 1.08 bits per heavy atom. The average Bonchev–Trinajstić information content (AvgIpc) is 3.41. The number of para-hydroxylation sites is 1. The largest absolute Gasteiger partial charge is 0.368 e. The van der Waals surface area contributed by atoms with Gasteiger partial charge in [-0.1, -0.05) is 18.2 Å². The number of nitrogens with one attached hydrogen (secondary N) is 3. The highest BCUT2D eigenvalue weighted by atomic mass is 15.2. The van der Waals surface area contributed by atoms with Crippen LogP contribution in [-0.2, 0) is 13.1 Å². The third kappa shape index (κ3) is 2.85.